The van der Waals surface area contributed by atoms with Crippen molar-refractivity contribution in [3.05, 3.63) is 77.0 Å². The van der Waals surface area contributed by atoms with E-state index in [0.717, 1.165) is 47.3 Å². The molecule has 2 aromatic carbocycles. The number of nitrogens with one attached hydrogen (secondary N) is 1. The molecule has 1 amide bonds. The van der Waals surface area contributed by atoms with E-state index in [0.29, 0.717) is 37.4 Å². The van der Waals surface area contributed by atoms with E-state index in [9.17, 15) is 18.0 Å². The topological polar surface area (TPSA) is 96.7 Å². The monoisotopic (exact) mass is 508 g/mol. The minimum absolute atomic E-state index is 0.0811. The Kier molecular flexibility index (Phi) is 8.06. The number of carbonyl (C=O) groups is 2. The van der Waals surface area contributed by atoms with Crippen LogP contribution in [-0.4, -0.2) is 45.7 Å². The number of carbonyl (C=O) groups excluding carboxylic acids is 2. The third kappa shape index (κ3) is 6.71. The molecule has 1 N–H and O–H groups in total. The molecule has 4 rings (SSSR count). The highest BCUT2D eigenvalue weighted by Gasteiger charge is 2.26. The molecular weight excluding hydrogens is 476 g/mol. The van der Waals surface area contributed by atoms with E-state index in [1.807, 2.05) is 53.4 Å². The Morgan fingerprint density at radius 2 is 1.86 bits per heavy atom. The molecule has 2 heterocycles. The van der Waals surface area contributed by atoms with Crippen LogP contribution in [0.4, 0.5) is 5.69 Å². The van der Waals surface area contributed by atoms with E-state index in [1.165, 1.54) is 6.26 Å². The van der Waals surface area contributed by atoms with Gasteiger partial charge in [0.05, 0.1) is 12.3 Å². The quantitative estimate of drug-likeness (QED) is 0.310. The predicted octanol–water partition coefficient (Wildman–Crippen LogP) is 4.05. The van der Waals surface area contributed by atoms with Gasteiger partial charge in [0.15, 0.2) is 0 Å². The van der Waals surface area contributed by atoms with Crippen molar-refractivity contribution in [1.29, 1.82) is 0 Å². The molecule has 0 spiro atoms. The number of benzene rings is 2. The van der Waals surface area contributed by atoms with Crippen molar-refractivity contribution in [3.63, 3.8) is 0 Å². The van der Waals surface area contributed by atoms with Crippen LogP contribution < -0.4 is 10.2 Å². The number of hydrogen-bond acceptors (Lipinski definition) is 6. The maximum atomic E-state index is 12.9. The van der Waals surface area contributed by atoms with Crippen molar-refractivity contribution in [1.82, 2.24) is 5.32 Å². The van der Waals surface area contributed by atoms with Crippen LogP contribution in [-0.2, 0) is 34.0 Å². The lowest BCUT2D eigenvalue weighted by molar-refractivity contribution is -0.119. The predicted molar refractivity (Wildman–Crippen MR) is 141 cm³/mol. The summed E-state index contributed by atoms with van der Waals surface area (Å²) in [5.74, 6) is 1.87. The Hall–Kier alpha value is -3.23. The lowest BCUT2D eigenvalue weighted by atomic mass is 9.95. The highest BCUT2D eigenvalue weighted by molar-refractivity contribution is 7.90. The maximum Gasteiger partial charge on any atom is 0.227 e. The lowest BCUT2D eigenvalue weighted by Gasteiger charge is -2.32. The fourth-order valence-electron chi connectivity index (χ4n) is 4.50. The molecule has 1 atom stereocenters. The largest absolute Gasteiger partial charge is 0.460 e. The first-order valence-corrected chi connectivity index (χ1v) is 14.2. The second-order valence-electron chi connectivity index (χ2n) is 9.59. The van der Waals surface area contributed by atoms with Crippen LogP contribution in [0.25, 0.3) is 11.3 Å². The number of aldehydes is 1. The molecule has 0 radical (unpaired) electrons. The van der Waals surface area contributed by atoms with E-state index < -0.39 is 9.84 Å². The normalized spacial score (nSPS) is 14.5. The molecule has 0 fully saturated rings. The average molecular weight is 509 g/mol. The third-order valence-electron chi connectivity index (χ3n) is 6.37. The molecular formula is C28H32N2O5S. The number of nitrogens with zero attached hydrogens (tertiary/aromatic N) is 1. The van der Waals surface area contributed by atoms with Gasteiger partial charge in [-0.05, 0) is 48.1 Å². The van der Waals surface area contributed by atoms with Crippen LogP contribution >= 0.6 is 0 Å². The van der Waals surface area contributed by atoms with E-state index >= 15 is 0 Å². The second kappa shape index (κ2) is 11.2. The van der Waals surface area contributed by atoms with Crippen molar-refractivity contribution in [3.8, 4) is 11.3 Å². The van der Waals surface area contributed by atoms with Crippen molar-refractivity contribution in [2.75, 3.05) is 30.0 Å². The second-order valence-corrected chi connectivity index (χ2v) is 11.8. The van der Waals surface area contributed by atoms with E-state index in [2.05, 4.69) is 18.3 Å². The summed E-state index contributed by atoms with van der Waals surface area (Å²) in [5, 5.41) is 3.09. The summed E-state index contributed by atoms with van der Waals surface area (Å²) >= 11 is 0. The van der Waals surface area contributed by atoms with Gasteiger partial charge in [0.1, 0.15) is 27.6 Å². The molecule has 1 unspecified atom stereocenters. The molecule has 0 bridgehead atoms. The number of anilines is 1. The molecule has 8 heteroatoms. The fourth-order valence-corrected chi connectivity index (χ4v) is 5.01. The average Bonchev–Trinajstić information content (AvgIpc) is 3.32. The van der Waals surface area contributed by atoms with Crippen LogP contribution in [0, 0.1) is 5.92 Å². The Morgan fingerprint density at radius 3 is 2.58 bits per heavy atom. The highest BCUT2D eigenvalue weighted by atomic mass is 32.2. The molecule has 0 aliphatic carbocycles. The smallest absolute Gasteiger partial charge is 0.227 e. The maximum absolute atomic E-state index is 12.9. The summed E-state index contributed by atoms with van der Waals surface area (Å²) in [6.45, 7) is 3.55. The summed E-state index contributed by atoms with van der Waals surface area (Å²) < 4.78 is 28.5. The summed E-state index contributed by atoms with van der Waals surface area (Å²) in [6.07, 6.45) is 4.09. The number of furan rings is 1. The van der Waals surface area contributed by atoms with Gasteiger partial charge in [-0.25, -0.2) is 8.42 Å². The van der Waals surface area contributed by atoms with Crippen LogP contribution in [0.5, 0.6) is 0 Å². The molecule has 0 saturated carbocycles. The fraction of sp³-hybridized carbons (Fsp3) is 0.357. The van der Waals surface area contributed by atoms with Crippen molar-refractivity contribution < 1.29 is 22.4 Å². The first-order chi connectivity index (χ1) is 17.2. The minimum Gasteiger partial charge on any atom is -0.460 e. The highest BCUT2D eigenvalue weighted by Crippen LogP contribution is 2.34. The van der Waals surface area contributed by atoms with Crippen molar-refractivity contribution in [2.45, 2.75) is 32.7 Å². The van der Waals surface area contributed by atoms with Gasteiger partial charge in [0.25, 0.3) is 0 Å². The van der Waals surface area contributed by atoms with Gasteiger partial charge in [0.2, 0.25) is 5.91 Å². The first-order valence-electron chi connectivity index (χ1n) is 12.2. The van der Waals surface area contributed by atoms with Gasteiger partial charge < -0.3 is 14.6 Å². The van der Waals surface area contributed by atoms with Gasteiger partial charge in [-0.1, -0.05) is 43.3 Å². The number of rotatable bonds is 11. The van der Waals surface area contributed by atoms with Crippen molar-refractivity contribution >= 4 is 27.7 Å². The number of sulfone groups is 1. The molecule has 36 heavy (non-hydrogen) atoms. The Morgan fingerprint density at radius 1 is 1.08 bits per heavy atom. The molecule has 190 valence electrons. The van der Waals surface area contributed by atoms with Gasteiger partial charge in [-0.3, -0.25) is 9.59 Å². The van der Waals surface area contributed by atoms with Gasteiger partial charge in [0, 0.05) is 42.6 Å². The standard InChI is InChI=1S/C28H32N2O5S/c1-20(15-21-3-5-22(19-31)6-4-21)18-30-26-16-24(8-7-23(26)9-12-28(30)32)27-11-10-25(35-27)17-29-13-14-36(2,33)34/h3-8,10-11,16,19-20,29H,9,12-15,17-18H2,1-2H3. The summed E-state index contributed by atoms with van der Waals surface area (Å²) in [7, 11) is -3.00. The van der Waals surface area contributed by atoms with E-state index in [1.54, 1.807) is 0 Å². The third-order valence-corrected chi connectivity index (χ3v) is 7.32. The zero-order valence-electron chi connectivity index (χ0n) is 20.7. The van der Waals surface area contributed by atoms with Gasteiger partial charge in [-0.2, -0.15) is 0 Å². The van der Waals surface area contributed by atoms with E-state index in [4.69, 9.17) is 4.42 Å². The SMILES string of the molecule is CC(Cc1ccc(C=O)cc1)CN1C(=O)CCc2ccc(-c3ccc(CNCCS(C)(=O)=O)o3)cc21. The zero-order chi connectivity index (χ0) is 25.7. The van der Waals surface area contributed by atoms with Crippen LogP contribution in [0.1, 0.15) is 40.6 Å². The zero-order valence-corrected chi connectivity index (χ0v) is 21.5. The summed E-state index contributed by atoms with van der Waals surface area (Å²) in [6, 6.07) is 17.5. The van der Waals surface area contributed by atoms with Gasteiger partial charge in [-0.15, -0.1) is 0 Å². The Bertz CT molecular complexity index is 1330. The number of fused-ring (bicyclic) bond motifs is 1. The van der Waals surface area contributed by atoms with Crippen LogP contribution in [0.2, 0.25) is 0 Å². The Balaban J connectivity index is 1.45. The summed E-state index contributed by atoms with van der Waals surface area (Å²) in [4.78, 5) is 25.7. The van der Waals surface area contributed by atoms with Crippen LogP contribution in [0.15, 0.2) is 59.0 Å². The molecule has 0 saturated heterocycles. The molecule has 1 aliphatic heterocycles. The number of hydrogen-bond donors (Lipinski definition) is 1. The molecule has 7 nitrogen and oxygen atoms in total. The first kappa shape index (κ1) is 25.9. The molecule has 3 aromatic rings. The number of aryl methyl sites for hydroxylation is 1. The summed E-state index contributed by atoms with van der Waals surface area (Å²) in [5.41, 5.74) is 4.77. The van der Waals surface area contributed by atoms with Crippen LogP contribution in [0.3, 0.4) is 0 Å². The Labute approximate surface area is 212 Å². The molecule has 1 aromatic heterocycles. The minimum atomic E-state index is -3.00. The van der Waals surface area contributed by atoms with Crippen molar-refractivity contribution in [2.24, 2.45) is 5.92 Å². The van der Waals surface area contributed by atoms with E-state index in [-0.39, 0.29) is 17.6 Å². The lowest BCUT2D eigenvalue weighted by Crippen LogP contribution is -2.38. The molecule has 1 aliphatic rings. The number of amides is 1. The van der Waals surface area contributed by atoms with Gasteiger partial charge >= 0.3 is 0 Å².